The van der Waals surface area contributed by atoms with E-state index in [9.17, 15) is 9.59 Å². The third-order valence-corrected chi connectivity index (χ3v) is 2.00. The largest absolute Gasteiger partial charge is 0.469 e. The van der Waals surface area contributed by atoms with Crippen molar-refractivity contribution in [1.82, 2.24) is 5.32 Å². The number of methoxy groups -OCH3 is 1. The summed E-state index contributed by atoms with van der Waals surface area (Å²) in [5.41, 5.74) is -0.514. The highest BCUT2D eigenvalue weighted by Gasteiger charge is 2.45. The molecule has 1 rings (SSSR count). The fraction of sp³-hybridized carbons (Fsp3) is 0.800. The van der Waals surface area contributed by atoms with Crippen molar-refractivity contribution in [1.29, 1.82) is 0 Å². The highest BCUT2D eigenvalue weighted by molar-refractivity contribution is 5.78. The molecule has 0 spiro atoms. The summed E-state index contributed by atoms with van der Waals surface area (Å²) in [6.45, 7) is 5.37. The van der Waals surface area contributed by atoms with Gasteiger partial charge in [-0.2, -0.15) is 0 Å². The summed E-state index contributed by atoms with van der Waals surface area (Å²) < 4.78 is 9.60. The van der Waals surface area contributed by atoms with E-state index in [2.05, 4.69) is 10.1 Å². The number of rotatable bonds is 2. The second-order valence-electron chi connectivity index (χ2n) is 4.62. The van der Waals surface area contributed by atoms with Gasteiger partial charge in [0.2, 0.25) is 0 Å². The zero-order valence-electron chi connectivity index (χ0n) is 9.49. The number of ether oxygens (including phenoxy) is 2. The van der Waals surface area contributed by atoms with E-state index in [1.54, 1.807) is 20.8 Å². The Morgan fingerprint density at radius 1 is 1.33 bits per heavy atom. The van der Waals surface area contributed by atoms with E-state index in [0.29, 0.717) is 6.42 Å². The Kier molecular flexibility index (Phi) is 3.21. The van der Waals surface area contributed by atoms with Gasteiger partial charge in [-0.15, -0.1) is 0 Å². The molecule has 1 aliphatic carbocycles. The van der Waals surface area contributed by atoms with Gasteiger partial charge in [-0.3, -0.25) is 4.79 Å². The van der Waals surface area contributed by atoms with Crippen LogP contribution in [-0.4, -0.2) is 30.8 Å². The molecular weight excluding hydrogens is 198 g/mol. The minimum Gasteiger partial charge on any atom is -0.469 e. The van der Waals surface area contributed by atoms with Crippen molar-refractivity contribution >= 4 is 12.1 Å². The molecule has 0 saturated heterocycles. The van der Waals surface area contributed by atoms with Crippen LogP contribution in [0.15, 0.2) is 0 Å². The number of hydrogen-bond donors (Lipinski definition) is 1. The molecule has 0 aromatic heterocycles. The summed E-state index contributed by atoms with van der Waals surface area (Å²) in [5, 5.41) is 2.61. The third kappa shape index (κ3) is 3.77. The maximum Gasteiger partial charge on any atom is 0.407 e. The van der Waals surface area contributed by atoms with Gasteiger partial charge in [0.05, 0.1) is 13.0 Å². The van der Waals surface area contributed by atoms with Crippen LogP contribution in [0.25, 0.3) is 0 Å². The van der Waals surface area contributed by atoms with Gasteiger partial charge in [0.1, 0.15) is 5.60 Å². The molecule has 2 unspecified atom stereocenters. The van der Waals surface area contributed by atoms with Crippen LogP contribution in [0.3, 0.4) is 0 Å². The van der Waals surface area contributed by atoms with Crippen LogP contribution in [0.5, 0.6) is 0 Å². The van der Waals surface area contributed by atoms with Gasteiger partial charge in [-0.25, -0.2) is 4.79 Å². The van der Waals surface area contributed by atoms with Crippen molar-refractivity contribution in [3.8, 4) is 0 Å². The molecule has 0 heterocycles. The molecule has 1 saturated carbocycles. The Bertz CT molecular complexity index is 269. The summed E-state index contributed by atoms with van der Waals surface area (Å²) in [5.74, 6) is -0.487. The first-order valence-corrected chi connectivity index (χ1v) is 4.91. The predicted molar refractivity (Wildman–Crippen MR) is 53.3 cm³/mol. The first-order chi connectivity index (χ1) is 6.83. The van der Waals surface area contributed by atoms with Gasteiger partial charge >= 0.3 is 12.1 Å². The molecular formula is C10H17NO4. The standard InChI is InChI=1S/C10H17NO4/c1-10(2,3)15-9(13)11-7-5-6(7)8(12)14-4/h6-7H,5H2,1-4H3,(H,11,13). The Labute approximate surface area is 89.1 Å². The molecule has 2 atom stereocenters. The number of hydrogen-bond acceptors (Lipinski definition) is 4. The van der Waals surface area contributed by atoms with Gasteiger partial charge in [-0.1, -0.05) is 0 Å². The summed E-state index contributed by atoms with van der Waals surface area (Å²) in [6.07, 6.45) is 0.144. The first-order valence-electron chi connectivity index (χ1n) is 4.91. The van der Waals surface area contributed by atoms with Crippen LogP contribution in [0.2, 0.25) is 0 Å². The smallest absolute Gasteiger partial charge is 0.407 e. The second kappa shape index (κ2) is 4.08. The molecule has 5 nitrogen and oxygen atoms in total. The Morgan fingerprint density at radius 2 is 1.93 bits per heavy atom. The zero-order valence-corrected chi connectivity index (χ0v) is 9.49. The predicted octanol–water partition coefficient (Wildman–Crippen LogP) is 1.07. The molecule has 0 aliphatic heterocycles. The van der Waals surface area contributed by atoms with Crippen molar-refractivity contribution < 1.29 is 19.1 Å². The number of amides is 1. The molecule has 1 N–H and O–H groups in total. The van der Waals surface area contributed by atoms with Crippen LogP contribution >= 0.6 is 0 Å². The molecule has 5 heteroatoms. The number of carbonyl (C=O) groups is 2. The quantitative estimate of drug-likeness (QED) is 0.700. The average Bonchev–Trinajstić information content (AvgIpc) is 2.79. The third-order valence-electron chi connectivity index (χ3n) is 2.00. The van der Waals surface area contributed by atoms with E-state index in [0.717, 1.165) is 0 Å². The van der Waals surface area contributed by atoms with Crippen molar-refractivity contribution in [3.63, 3.8) is 0 Å². The Morgan fingerprint density at radius 3 is 2.40 bits per heavy atom. The van der Waals surface area contributed by atoms with Crippen LogP contribution in [0, 0.1) is 5.92 Å². The monoisotopic (exact) mass is 215 g/mol. The van der Waals surface area contributed by atoms with Crippen LogP contribution in [-0.2, 0) is 14.3 Å². The lowest BCUT2D eigenvalue weighted by Gasteiger charge is -2.19. The average molecular weight is 215 g/mol. The molecule has 15 heavy (non-hydrogen) atoms. The maximum absolute atomic E-state index is 11.3. The highest BCUT2D eigenvalue weighted by atomic mass is 16.6. The molecule has 0 aromatic rings. The number of carbonyl (C=O) groups excluding carboxylic acids is 2. The van der Waals surface area contributed by atoms with Crippen molar-refractivity contribution in [2.75, 3.05) is 7.11 Å². The molecule has 1 amide bonds. The highest BCUT2D eigenvalue weighted by Crippen LogP contribution is 2.31. The summed E-state index contributed by atoms with van der Waals surface area (Å²) >= 11 is 0. The van der Waals surface area contributed by atoms with E-state index in [4.69, 9.17) is 4.74 Å². The topological polar surface area (TPSA) is 64.6 Å². The maximum atomic E-state index is 11.3. The number of esters is 1. The lowest BCUT2D eigenvalue weighted by atomic mass is 10.2. The Hall–Kier alpha value is -1.26. The SMILES string of the molecule is COC(=O)C1CC1NC(=O)OC(C)(C)C. The molecule has 1 fully saturated rings. The van der Waals surface area contributed by atoms with E-state index in [1.807, 2.05) is 0 Å². The minimum atomic E-state index is -0.514. The Balaban J connectivity index is 2.28. The van der Waals surface area contributed by atoms with E-state index in [-0.39, 0.29) is 17.9 Å². The zero-order chi connectivity index (χ0) is 11.6. The van der Waals surface area contributed by atoms with E-state index >= 15 is 0 Å². The molecule has 0 bridgehead atoms. The lowest BCUT2D eigenvalue weighted by Crippen LogP contribution is -2.35. The molecule has 0 radical (unpaired) electrons. The summed E-state index contributed by atoms with van der Waals surface area (Å²) in [4.78, 5) is 22.3. The van der Waals surface area contributed by atoms with Gasteiger partial charge < -0.3 is 14.8 Å². The first kappa shape index (κ1) is 11.8. The minimum absolute atomic E-state index is 0.132. The van der Waals surface area contributed by atoms with E-state index in [1.165, 1.54) is 7.11 Å². The van der Waals surface area contributed by atoms with Gasteiger partial charge in [0.25, 0.3) is 0 Å². The van der Waals surface area contributed by atoms with Crippen molar-refractivity contribution in [2.45, 2.75) is 38.8 Å². The van der Waals surface area contributed by atoms with Gasteiger partial charge in [0, 0.05) is 6.04 Å². The fourth-order valence-corrected chi connectivity index (χ4v) is 1.23. The van der Waals surface area contributed by atoms with Crippen LogP contribution in [0.1, 0.15) is 27.2 Å². The van der Waals surface area contributed by atoms with Crippen molar-refractivity contribution in [2.24, 2.45) is 5.92 Å². The summed E-state index contributed by atoms with van der Waals surface area (Å²) in [6, 6.07) is -0.132. The van der Waals surface area contributed by atoms with Crippen LogP contribution < -0.4 is 5.32 Å². The van der Waals surface area contributed by atoms with Gasteiger partial charge in [-0.05, 0) is 27.2 Å². The van der Waals surface area contributed by atoms with Gasteiger partial charge in [0.15, 0.2) is 0 Å². The molecule has 0 aromatic carbocycles. The number of nitrogens with one attached hydrogen (secondary N) is 1. The fourth-order valence-electron chi connectivity index (χ4n) is 1.23. The lowest BCUT2D eigenvalue weighted by molar-refractivity contribution is -0.142. The van der Waals surface area contributed by atoms with Crippen molar-refractivity contribution in [3.05, 3.63) is 0 Å². The second-order valence-corrected chi connectivity index (χ2v) is 4.62. The summed E-state index contributed by atoms with van der Waals surface area (Å²) in [7, 11) is 1.34. The normalized spacial score (nSPS) is 24.3. The molecule has 86 valence electrons. The number of alkyl carbamates (subject to hydrolysis) is 1. The van der Waals surface area contributed by atoms with E-state index < -0.39 is 11.7 Å². The molecule has 1 aliphatic rings. The van der Waals surface area contributed by atoms with Crippen LogP contribution in [0.4, 0.5) is 4.79 Å².